The molecular formula is C12H13NO8PS2. The lowest BCUT2D eigenvalue weighted by atomic mass is 10.1. The van der Waals surface area contributed by atoms with Crippen LogP contribution in [0.1, 0.15) is 0 Å². The number of rotatable bonds is 5. The molecule has 2 rings (SSSR count). The quantitative estimate of drug-likeness (QED) is 0.497. The second kappa shape index (κ2) is 6.10. The largest absolute Gasteiger partial charge is 0.326 e. The number of hydrogen-bond acceptors (Lipinski definition) is 5. The Labute approximate surface area is 137 Å². The van der Waals surface area contributed by atoms with Gasteiger partial charge in [-0.15, -0.1) is 0 Å². The van der Waals surface area contributed by atoms with Gasteiger partial charge in [-0.05, 0) is 29.7 Å². The van der Waals surface area contributed by atoms with E-state index in [1.165, 1.54) is 18.2 Å². The normalized spacial score (nSPS) is 13.3. The van der Waals surface area contributed by atoms with E-state index in [0.29, 0.717) is 6.07 Å². The summed E-state index contributed by atoms with van der Waals surface area (Å²) in [4.78, 5) is 16.5. The number of nitrogens with one attached hydrogen (secondary N) is 1. The van der Waals surface area contributed by atoms with E-state index in [1.807, 2.05) is 0 Å². The maximum absolute atomic E-state index is 12.4. The minimum atomic E-state index is -4.70. The lowest BCUT2D eigenvalue weighted by molar-refractivity contribution is 0.374. The van der Waals surface area contributed by atoms with E-state index in [-0.39, 0.29) is 16.5 Å². The topological polar surface area (TPSA) is 170 Å². The fourth-order valence-corrected chi connectivity index (χ4v) is 5.62. The monoisotopic (exact) mass is 394 g/mol. The molecule has 0 amide bonds. The Hall–Kier alpha value is -1.49. The minimum Gasteiger partial charge on any atom is -0.324 e. The van der Waals surface area contributed by atoms with Crippen LogP contribution in [-0.2, 0) is 24.5 Å². The van der Waals surface area contributed by atoms with Crippen LogP contribution in [0.25, 0.3) is 10.8 Å². The number of hydrogen-bond donors (Lipinski definition) is 3. The van der Waals surface area contributed by atoms with Gasteiger partial charge in [-0.3, -0.25) is 9.12 Å². The van der Waals surface area contributed by atoms with Crippen molar-refractivity contribution in [2.45, 2.75) is 9.79 Å². The van der Waals surface area contributed by atoms with E-state index in [1.54, 1.807) is 0 Å². The summed E-state index contributed by atoms with van der Waals surface area (Å²) in [7, 11) is -13.5. The zero-order valence-electron chi connectivity index (χ0n) is 11.9. The van der Waals surface area contributed by atoms with Gasteiger partial charge < -0.3 is 15.5 Å². The number of fused-ring (bicyclic) bond motifs is 1. The summed E-state index contributed by atoms with van der Waals surface area (Å²) in [6.07, 6.45) is -0.937. The zero-order chi connectivity index (χ0) is 18.3. The van der Waals surface area contributed by atoms with Crippen molar-refractivity contribution in [2.24, 2.45) is 0 Å². The van der Waals surface area contributed by atoms with E-state index in [0.717, 1.165) is 6.07 Å². The second-order valence-electron chi connectivity index (χ2n) is 5.04. The smallest absolute Gasteiger partial charge is 0.324 e. The predicted molar refractivity (Wildman–Crippen MR) is 85.5 cm³/mol. The van der Waals surface area contributed by atoms with Crippen LogP contribution < -0.4 is 5.73 Å². The van der Waals surface area contributed by atoms with E-state index in [2.05, 4.69) is 0 Å². The van der Waals surface area contributed by atoms with Gasteiger partial charge in [-0.2, -0.15) is 8.42 Å². The summed E-state index contributed by atoms with van der Waals surface area (Å²) in [5, 5.41) is 0.177. The van der Waals surface area contributed by atoms with Crippen molar-refractivity contribution in [2.75, 3.05) is 11.9 Å². The van der Waals surface area contributed by atoms with Gasteiger partial charge in [0.15, 0.2) is 9.84 Å². The van der Waals surface area contributed by atoms with Gasteiger partial charge in [-0.1, -0.05) is 6.07 Å². The van der Waals surface area contributed by atoms with Crippen molar-refractivity contribution in [3.05, 3.63) is 30.3 Å². The summed E-state index contributed by atoms with van der Waals surface area (Å²) in [5.41, 5.74) is 7.54. The molecule has 0 aliphatic rings. The average Bonchev–Trinajstić information content (AvgIpc) is 2.42. The van der Waals surface area contributed by atoms with Crippen LogP contribution in [0.2, 0.25) is 0 Å². The number of sulfone groups is 1. The van der Waals surface area contributed by atoms with Crippen molar-refractivity contribution in [1.82, 2.24) is 5.73 Å². The van der Waals surface area contributed by atoms with E-state index < -0.39 is 49.3 Å². The van der Waals surface area contributed by atoms with Crippen molar-refractivity contribution in [3.8, 4) is 0 Å². The maximum Gasteiger partial charge on any atom is 0.326 e. The van der Waals surface area contributed by atoms with Gasteiger partial charge in [0.1, 0.15) is 0 Å². The standard InChI is InChI=1S/C12H13NO8PS2/c13-9-2-1-8-5-10(24(19,20)21)7-12(11(8)6-9)23(17,18)4-3-22(14,15)16/h1-2,5-7,13H,3-4H2,(H2,14,15,16)(H,19,20,21). The van der Waals surface area contributed by atoms with Crippen molar-refractivity contribution < 1.29 is 35.7 Å². The molecule has 0 saturated heterocycles. The highest BCUT2D eigenvalue weighted by Crippen LogP contribution is 2.36. The molecule has 0 aliphatic carbocycles. The van der Waals surface area contributed by atoms with Gasteiger partial charge in [0.05, 0.1) is 27.4 Å². The first kappa shape index (κ1) is 18.8. The highest BCUT2D eigenvalue weighted by molar-refractivity contribution is 7.92. The summed E-state index contributed by atoms with van der Waals surface area (Å²) < 4.78 is 67.6. The molecule has 0 heterocycles. The highest BCUT2D eigenvalue weighted by atomic mass is 32.2. The molecule has 0 aromatic heterocycles. The summed E-state index contributed by atoms with van der Waals surface area (Å²) in [6, 6.07) is 5.57. The van der Waals surface area contributed by atoms with Crippen LogP contribution in [0.15, 0.2) is 40.1 Å². The molecule has 0 fully saturated rings. The first-order chi connectivity index (χ1) is 10.8. The molecule has 24 heavy (non-hydrogen) atoms. The second-order valence-corrected chi connectivity index (χ2v) is 10.3. The lowest BCUT2D eigenvalue weighted by Gasteiger charge is -2.11. The molecule has 0 saturated carbocycles. The SMILES string of the molecule is [NH]c1ccc2cc(S(=O)(=O)O)cc(S(=O)(=O)CCP(=O)(O)O)c2c1. The first-order valence-electron chi connectivity index (χ1n) is 6.34. The lowest BCUT2D eigenvalue weighted by Crippen LogP contribution is -2.12. The van der Waals surface area contributed by atoms with Gasteiger partial charge in [0.2, 0.25) is 0 Å². The Bertz CT molecular complexity index is 1060. The van der Waals surface area contributed by atoms with E-state index >= 15 is 0 Å². The molecule has 0 bridgehead atoms. The Kier molecular flexibility index (Phi) is 4.79. The predicted octanol–water partition coefficient (Wildman–Crippen LogP) is 0.952. The number of benzene rings is 2. The molecule has 2 aromatic rings. The van der Waals surface area contributed by atoms with Gasteiger partial charge in [-0.25, -0.2) is 8.42 Å². The Morgan fingerprint density at radius 2 is 1.67 bits per heavy atom. The Balaban J connectivity index is 2.75. The van der Waals surface area contributed by atoms with Crippen LogP contribution in [0.3, 0.4) is 0 Å². The van der Waals surface area contributed by atoms with Crippen molar-refractivity contribution >= 4 is 44.0 Å². The fraction of sp³-hybridized carbons (Fsp3) is 0.167. The molecule has 0 spiro atoms. The van der Waals surface area contributed by atoms with Crippen molar-refractivity contribution in [1.29, 1.82) is 0 Å². The summed E-state index contributed by atoms with van der Waals surface area (Å²) in [6.45, 7) is 0. The average molecular weight is 394 g/mol. The fourth-order valence-electron chi connectivity index (χ4n) is 2.05. The Morgan fingerprint density at radius 1 is 1.04 bits per heavy atom. The zero-order valence-corrected chi connectivity index (χ0v) is 14.5. The van der Waals surface area contributed by atoms with Crippen LogP contribution in [0.4, 0.5) is 5.69 Å². The third-order valence-electron chi connectivity index (χ3n) is 3.17. The third-order valence-corrected chi connectivity index (χ3v) is 6.86. The van der Waals surface area contributed by atoms with Crippen molar-refractivity contribution in [3.63, 3.8) is 0 Å². The first-order valence-corrected chi connectivity index (χ1v) is 11.2. The molecule has 12 heteroatoms. The van der Waals surface area contributed by atoms with Crippen LogP contribution in [-0.4, -0.2) is 43.1 Å². The Morgan fingerprint density at radius 3 is 2.21 bits per heavy atom. The van der Waals surface area contributed by atoms with Gasteiger partial charge in [0, 0.05) is 5.39 Å². The summed E-state index contributed by atoms with van der Waals surface area (Å²) in [5.74, 6) is -0.913. The van der Waals surface area contributed by atoms with E-state index in [4.69, 9.17) is 20.1 Å². The van der Waals surface area contributed by atoms with Crippen LogP contribution in [0, 0.1) is 0 Å². The molecule has 4 N–H and O–H groups in total. The highest BCUT2D eigenvalue weighted by Gasteiger charge is 2.25. The van der Waals surface area contributed by atoms with E-state index in [9.17, 15) is 21.4 Å². The van der Waals surface area contributed by atoms with Crippen LogP contribution in [0.5, 0.6) is 0 Å². The molecule has 131 valence electrons. The third kappa shape index (κ3) is 4.32. The molecule has 0 aliphatic heterocycles. The molecule has 2 aromatic carbocycles. The van der Waals surface area contributed by atoms with Gasteiger partial charge in [0.25, 0.3) is 10.1 Å². The molecule has 1 radical (unpaired) electrons. The maximum atomic E-state index is 12.4. The summed E-state index contributed by atoms with van der Waals surface area (Å²) >= 11 is 0. The molecule has 9 nitrogen and oxygen atoms in total. The molecule has 0 atom stereocenters. The minimum absolute atomic E-state index is 0.0283. The molecule has 0 unspecified atom stereocenters. The molecular weight excluding hydrogens is 381 g/mol. The van der Waals surface area contributed by atoms with Gasteiger partial charge >= 0.3 is 7.60 Å². The van der Waals surface area contributed by atoms with Crippen LogP contribution >= 0.6 is 7.60 Å².